The molecule has 0 aliphatic carbocycles. The van der Waals surface area contributed by atoms with E-state index in [2.05, 4.69) is 4.98 Å². The first kappa shape index (κ1) is 12.7. The SMILES string of the molecule is COC(C)c1nc(-c2ccc(C(=O)O)cc2)cs1. The number of hydrogen-bond acceptors (Lipinski definition) is 4. The van der Waals surface area contributed by atoms with Crippen LogP contribution in [0.15, 0.2) is 29.6 Å². The Kier molecular flexibility index (Phi) is 3.74. The third-order valence-corrected chi connectivity index (χ3v) is 3.66. The van der Waals surface area contributed by atoms with Gasteiger partial charge in [0.15, 0.2) is 0 Å². The maximum atomic E-state index is 10.8. The average Bonchev–Trinajstić information content (AvgIpc) is 2.87. The lowest BCUT2D eigenvalue weighted by Crippen LogP contribution is -1.96. The number of thiazole rings is 1. The summed E-state index contributed by atoms with van der Waals surface area (Å²) in [6.07, 6.45) is -0.0259. The lowest BCUT2D eigenvalue weighted by molar-refractivity contribution is 0.0697. The van der Waals surface area contributed by atoms with Crippen molar-refractivity contribution in [3.8, 4) is 11.3 Å². The number of benzene rings is 1. The molecule has 18 heavy (non-hydrogen) atoms. The summed E-state index contributed by atoms with van der Waals surface area (Å²) in [4.78, 5) is 15.2. The Hall–Kier alpha value is -1.72. The molecule has 0 saturated heterocycles. The molecule has 4 nitrogen and oxygen atoms in total. The lowest BCUT2D eigenvalue weighted by atomic mass is 10.1. The minimum Gasteiger partial charge on any atom is -0.478 e. The molecular formula is C13H13NO3S. The molecule has 0 fully saturated rings. The minimum atomic E-state index is -0.923. The van der Waals surface area contributed by atoms with Crippen LogP contribution in [0.25, 0.3) is 11.3 Å². The van der Waals surface area contributed by atoms with Crippen molar-refractivity contribution in [3.63, 3.8) is 0 Å². The normalized spacial score (nSPS) is 12.3. The summed E-state index contributed by atoms with van der Waals surface area (Å²) in [6.45, 7) is 1.94. The Morgan fingerprint density at radius 1 is 1.39 bits per heavy atom. The second-order valence-corrected chi connectivity index (χ2v) is 4.72. The first-order valence-corrected chi connectivity index (χ1v) is 6.31. The highest BCUT2D eigenvalue weighted by molar-refractivity contribution is 7.10. The Balaban J connectivity index is 2.26. The van der Waals surface area contributed by atoms with Gasteiger partial charge in [0.2, 0.25) is 0 Å². The molecule has 1 unspecified atom stereocenters. The number of aromatic nitrogens is 1. The molecule has 2 rings (SSSR count). The van der Waals surface area contributed by atoms with Crippen LogP contribution < -0.4 is 0 Å². The topological polar surface area (TPSA) is 59.4 Å². The number of hydrogen-bond donors (Lipinski definition) is 1. The van der Waals surface area contributed by atoms with Crippen LogP contribution in [0.1, 0.15) is 28.4 Å². The zero-order valence-corrected chi connectivity index (χ0v) is 10.9. The van der Waals surface area contributed by atoms with E-state index in [0.29, 0.717) is 0 Å². The second kappa shape index (κ2) is 5.29. The molecule has 1 aromatic carbocycles. The second-order valence-electron chi connectivity index (χ2n) is 3.83. The number of ether oxygens (including phenoxy) is 1. The first-order valence-electron chi connectivity index (χ1n) is 5.43. The molecule has 0 saturated carbocycles. The maximum Gasteiger partial charge on any atom is 0.335 e. The summed E-state index contributed by atoms with van der Waals surface area (Å²) < 4.78 is 5.21. The largest absolute Gasteiger partial charge is 0.478 e. The van der Waals surface area contributed by atoms with Crippen LogP contribution in [0.5, 0.6) is 0 Å². The van der Waals surface area contributed by atoms with Crippen molar-refractivity contribution in [2.24, 2.45) is 0 Å². The summed E-state index contributed by atoms with van der Waals surface area (Å²) in [5, 5.41) is 11.7. The molecule has 0 aliphatic rings. The molecule has 0 radical (unpaired) electrons. The Morgan fingerprint density at radius 2 is 2.06 bits per heavy atom. The van der Waals surface area contributed by atoms with Crippen molar-refractivity contribution in [3.05, 3.63) is 40.2 Å². The van der Waals surface area contributed by atoms with Crippen LogP contribution in [-0.2, 0) is 4.74 Å². The van der Waals surface area contributed by atoms with E-state index in [1.165, 1.54) is 11.3 Å². The van der Waals surface area contributed by atoms with Gasteiger partial charge in [-0.1, -0.05) is 12.1 Å². The smallest absolute Gasteiger partial charge is 0.335 e. The number of carboxylic acid groups (broad SMARTS) is 1. The van der Waals surface area contributed by atoms with E-state index >= 15 is 0 Å². The molecule has 5 heteroatoms. The average molecular weight is 263 g/mol. The third-order valence-electron chi connectivity index (χ3n) is 2.65. The highest BCUT2D eigenvalue weighted by atomic mass is 32.1. The Labute approximate surface area is 109 Å². The van der Waals surface area contributed by atoms with Crippen LogP contribution in [0.2, 0.25) is 0 Å². The van der Waals surface area contributed by atoms with Gasteiger partial charge in [-0.25, -0.2) is 9.78 Å². The zero-order valence-electron chi connectivity index (χ0n) is 10.1. The number of nitrogens with zero attached hydrogens (tertiary/aromatic N) is 1. The van der Waals surface area contributed by atoms with Gasteiger partial charge >= 0.3 is 5.97 Å². The Bertz CT molecular complexity index is 548. The molecule has 0 spiro atoms. The summed E-state index contributed by atoms with van der Waals surface area (Å²) in [7, 11) is 1.65. The van der Waals surface area contributed by atoms with Crippen molar-refractivity contribution in [1.29, 1.82) is 0 Å². The molecular weight excluding hydrogens is 250 g/mol. The van der Waals surface area contributed by atoms with Crippen molar-refractivity contribution in [2.45, 2.75) is 13.0 Å². The van der Waals surface area contributed by atoms with E-state index in [1.54, 1.807) is 31.4 Å². The van der Waals surface area contributed by atoms with Gasteiger partial charge in [-0.15, -0.1) is 11.3 Å². The van der Waals surface area contributed by atoms with Crippen molar-refractivity contribution >= 4 is 17.3 Å². The number of carbonyl (C=O) groups is 1. The highest BCUT2D eigenvalue weighted by Gasteiger charge is 2.11. The maximum absolute atomic E-state index is 10.8. The Morgan fingerprint density at radius 3 is 2.61 bits per heavy atom. The van der Waals surface area contributed by atoms with E-state index in [0.717, 1.165) is 16.3 Å². The number of methoxy groups -OCH3 is 1. The fourth-order valence-electron chi connectivity index (χ4n) is 1.49. The van der Waals surface area contributed by atoms with Gasteiger partial charge in [-0.05, 0) is 19.1 Å². The minimum absolute atomic E-state index is 0.0259. The van der Waals surface area contributed by atoms with Crippen LogP contribution in [-0.4, -0.2) is 23.2 Å². The molecule has 1 aromatic heterocycles. The van der Waals surface area contributed by atoms with Gasteiger partial charge in [0.05, 0.1) is 11.3 Å². The summed E-state index contributed by atoms with van der Waals surface area (Å²) in [5.41, 5.74) is 2.03. The number of carboxylic acids is 1. The van der Waals surface area contributed by atoms with Crippen LogP contribution >= 0.6 is 11.3 Å². The van der Waals surface area contributed by atoms with Gasteiger partial charge in [0.1, 0.15) is 11.1 Å². The fraction of sp³-hybridized carbons (Fsp3) is 0.231. The summed E-state index contributed by atoms with van der Waals surface area (Å²) in [5.74, 6) is -0.923. The van der Waals surface area contributed by atoms with E-state index < -0.39 is 5.97 Å². The third kappa shape index (κ3) is 2.57. The van der Waals surface area contributed by atoms with Crippen molar-refractivity contribution < 1.29 is 14.6 Å². The van der Waals surface area contributed by atoms with Gasteiger partial charge in [-0.2, -0.15) is 0 Å². The molecule has 0 amide bonds. The molecule has 0 aliphatic heterocycles. The molecule has 0 bridgehead atoms. The van der Waals surface area contributed by atoms with Crippen LogP contribution in [0, 0.1) is 0 Å². The van der Waals surface area contributed by atoms with E-state index in [4.69, 9.17) is 9.84 Å². The molecule has 1 atom stereocenters. The number of rotatable bonds is 4. The lowest BCUT2D eigenvalue weighted by Gasteiger charge is -2.03. The number of aromatic carboxylic acids is 1. The summed E-state index contributed by atoms with van der Waals surface area (Å²) >= 11 is 1.54. The van der Waals surface area contributed by atoms with Gasteiger partial charge in [-0.3, -0.25) is 0 Å². The summed E-state index contributed by atoms with van der Waals surface area (Å²) in [6, 6.07) is 6.69. The standard InChI is InChI=1S/C13H13NO3S/c1-8(17-2)12-14-11(7-18-12)9-3-5-10(6-4-9)13(15)16/h3-8H,1-2H3,(H,15,16). The van der Waals surface area contributed by atoms with Gasteiger partial charge in [0.25, 0.3) is 0 Å². The molecule has 1 heterocycles. The van der Waals surface area contributed by atoms with E-state index in [9.17, 15) is 4.79 Å². The quantitative estimate of drug-likeness (QED) is 0.920. The monoisotopic (exact) mass is 263 g/mol. The molecule has 1 N–H and O–H groups in total. The highest BCUT2D eigenvalue weighted by Crippen LogP contribution is 2.26. The predicted octanol–water partition coefficient (Wildman–Crippen LogP) is 3.22. The van der Waals surface area contributed by atoms with Crippen LogP contribution in [0.4, 0.5) is 0 Å². The van der Waals surface area contributed by atoms with E-state index in [-0.39, 0.29) is 11.7 Å². The van der Waals surface area contributed by atoms with Crippen LogP contribution in [0.3, 0.4) is 0 Å². The molecule has 2 aromatic rings. The predicted molar refractivity (Wildman–Crippen MR) is 69.9 cm³/mol. The first-order chi connectivity index (χ1) is 8.61. The molecule has 94 valence electrons. The fourth-order valence-corrected chi connectivity index (χ4v) is 2.35. The zero-order chi connectivity index (χ0) is 13.1. The van der Waals surface area contributed by atoms with Crippen molar-refractivity contribution in [1.82, 2.24) is 4.98 Å². The van der Waals surface area contributed by atoms with E-state index in [1.807, 2.05) is 12.3 Å². The van der Waals surface area contributed by atoms with Gasteiger partial charge < -0.3 is 9.84 Å². The van der Waals surface area contributed by atoms with Gasteiger partial charge in [0, 0.05) is 18.1 Å². The van der Waals surface area contributed by atoms with Crippen molar-refractivity contribution in [2.75, 3.05) is 7.11 Å².